The van der Waals surface area contributed by atoms with E-state index in [1.54, 1.807) is 28.6 Å². The van der Waals surface area contributed by atoms with Crippen molar-refractivity contribution in [1.82, 2.24) is 21.0 Å². The quantitative estimate of drug-likeness (QED) is 0.0994. The fraction of sp³-hybridized carbons (Fsp3) is 0.429. The molecule has 0 aliphatic carbocycles. The van der Waals surface area contributed by atoms with Gasteiger partial charge in [0.2, 0.25) is 11.8 Å². The van der Waals surface area contributed by atoms with E-state index in [9.17, 15) is 14.7 Å². The summed E-state index contributed by atoms with van der Waals surface area (Å²) in [6, 6.07) is 15.6. The number of nitrogens with zero attached hydrogens (tertiary/aromatic N) is 2. The number of benzene rings is 2. The average molecular weight is 587 g/mol. The van der Waals surface area contributed by atoms with Gasteiger partial charge >= 0.3 is 0 Å². The highest BCUT2D eigenvalue weighted by Gasteiger charge is 2.32. The van der Waals surface area contributed by atoms with Gasteiger partial charge in [-0.2, -0.15) is 0 Å². The van der Waals surface area contributed by atoms with Gasteiger partial charge in [-0.1, -0.05) is 71.6 Å². The van der Waals surface area contributed by atoms with Crippen LogP contribution in [0.2, 0.25) is 0 Å². The number of hydroxylamine groups is 1. The number of aliphatic hydroxyl groups excluding tert-OH is 1. The number of aliphatic hydroxyl groups is 1. The molecule has 2 heterocycles. The SMILES string of the molecule is Cc1nnc(SC[C@@H]2C[C@H](c3ccc(CO)cc3)O[C@H](c3ccc(CNC(=O)CCCCC(=O)NO)cc3)O2)s1. The first-order valence-electron chi connectivity index (χ1n) is 13.2. The number of thioether (sulfide) groups is 1. The van der Waals surface area contributed by atoms with E-state index in [1.807, 2.05) is 55.5 Å². The summed E-state index contributed by atoms with van der Waals surface area (Å²) in [6.07, 6.45) is 1.49. The number of carbonyl (C=O) groups is 2. The predicted octanol–water partition coefficient (Wildman–Crippen LogP) is 4.36. The van der Waals surface area contributed by atoms with Gasteiger partial charge in [-0.25, -0.2) is 5.48 Å². The number of unbranched alkanes of at least 4 members (excludes halogenated alkanes) is 1. The number of hydrogen-bond acceptors (Lipinski definition) is 10. The Kier molecular flexibility index (Phi) is 11.5. The molecule has 4 rings (SSSR count). The van der Waals surface area contributed by atoms with Crippen molar-refractivity contribution in [2.75, 3.05) is 5.75 Å². The molecule has 1 fully saturated rings. The maximum absolute atomic E-state index is 12.1. The molecule has 0 saturated carbocycles. The molecule has 1 aromatic heterocycles. The summed E-state index contributed by atoms with van der Waals surface area (Å²) >= 11 is 3.20. The molecule has 40 heavy (non-hydrogen) atoms. The molecule has 1 aliphatic rings. The summed E-state index contributed by atoms with van der Waals surface area (Å²) in [5, 5.41) is 30.1. The van der Waals surface area contributed by atoms with Crippen molar-refractivity contribution in [3.8, 4) is 0 Å². The van der Waals surface area contributed by atoms with E-state index in [0.29, 0.717) is 38.0 Å². The first kappa shape index (κ1) is 30.1. The van der Waals surface area contributed by atoms with Gasteiger partial charge in [0, 0.05) is 37.1 Å². The molecule has 3 atom stereocenters. The van der Waals surface area contributed by atoms with Crippen molar-refractivity contribution >= 4 is 34.9 Å². The minimum Gasteiger partial charge on any atom is -0.392 e. The summed E-state index contributed by atoms with van der Waals surface area (Å²) in [5.74, 6) is 0.178. The molecule has 0 radical (unpaired) electrons. The Morgan fingerprint density at radius 3 is 2.30 bits per heavy atom. The Morgan fingerprint density at radius 1 is 0.975 bits per heavy atom. The van der Waals surface area contributed by atoms with Gasteiger partial charge in [0.1, 0.15) is 5.01 Å². The summed E-state index contributed by atoms with van der Waals surface area (Å²) < 4.78 is 13.7. The van der Waals surface area contributed by atoms with Crippen LogP contribution in [0.4, 0.5) is 0 Å². The molecule has 4 N–H and O–H groups in total. The largest absolute Gasteiger partial charge is 0.392 e. The first-order valence-corrected chi connectivity index (χ1v) is 15.0. The smallest absolute Gasteiger partial charge is 0.243 e. The molecule has 1 aliphatic heterocycles. The monoisotopic (exact) mass is 586 g/mol. The zero-order chi connectivity index (χ0) is 28.3. The molecule has 214 valence electrons. The molecular weight excluding hydrogens is 552 g/mol. The number of carbonyl (C=O) groups excluding carboxylic acids is 2. The molecule has 1 saturated heterocycles. The fourth-order valence-corrected chi connectivity index (χ4v) is 6.09. The molecule has 2 amide bonds. The number of amides is 2. The molecule has 10 nitrogen and oxygen atoms in total. The lowest BCUT2D eigenvalue weighted by Crippen LogP contribution is -2.31. The van der Waals surface area contributed by atoms with Gasteiger partial charge in [0.15, 0.2) is 10.6 Å². The highest BCUT2D eigenvalue weighted by Crippen LogP contribution is 2.39. The van der Waals surface area contributed by atoms with E-state index in [4.69, 9.17) is 14.7 Å². The number of ether oxygens (including phenoxy) is 2. The van der Waals surface area contributed by atoms with Crippen LogP contribution in [0.3, 0.4) is 0 Å². The third kappa shape index (κ3) is 9.08. The van der Waals surface area contributed by atoms with Gasteiger partial charge in [0.25, 0.3) is 0 Å². The van der Waals surface area contributed by atoms with Gasteiger partial charge in [-0.05, 0) is 36.5 Å². The summed E-state index contributed by atoms with van der Waals surface area (Å²) in [6.45, 7) is 2.32. The molecule has 3 aromatic rings. The third-order valence-electron chi connectivity index (χ3n) is 6.44. The van der Waals surface area contributed by atoms with Gasteiger partial charge in [-0.15, -0.1) is 10.2 Å². The Morgan fingerprint density at radius 2 is 1.65 bits per heavy atom. The van der Waals surface area contributed by atoms with Crippen LogP contribution >= 0.6 is 23.1 Å². The van der Waals surface area contributed by atoms with Crippen LogP contribution in [0.5, 0.6) is 0 Å². The highest BCUT2D eigenvalue weighted by molar-refractivity contribution is 8.01. The minimum atomic E-state index is -0.558. The minimum absolute atomic E-state index is 0.00573. The van der Waals surface area contributed by atoms with Crippen LogP contribution < -0.4 is 10.8 Å². The van der Waals surface area contributed by atoms with Crippen LogP contribution in [-0.2, 0) is 32.2 Å². The van der Waals surface area contributed by atoms with Crippen molar-refractivity contribution in [1.29, 1.82) is 0 Å². The first-order chi connectivity index (χ1) is 19.4. The zero-order valence-corrected chi connectivity index (χ0v) is 23.9. The van der Waals surface area contributed by atoms with Crippen LogP contribution in [0.25, 0.3) is 0 Å². The number of aromatic nitrogens is 2. The van der Waals surface area contributed by atoms with E-state index in [0.717, 1.165) is 31.6 Å². The van der Waals surface area contributed by atoms with Crippen molar-refractivity contribution in [2.24, 2.45) is 0 Å². The highest BCUT2D eigenvalue weighted by atomic mass is 32.2. The maximum atomic E-state index is 12.1. The summed E-state index contributed by atoms with van der Waals surface area (Å²) in [4.78, 5) is 23.2. The topological polar surface area (TPSA) is 143 Å². The molecule has 0 unspecified atom stereocenters. The lowest BCUT2D eigenvalue weighted by molar-refractivity contribution is -0.245. The van der Waals surface area contributed by atoms with E-state index in [2.05, 4.69) is 15.5 Å². The van der Waals surface area contributed by atoms with Crippen LogP contribution in [0.15, 0.2) is 52.9 Å². The maximum Gasteiger partial charge on any atom is 0.243 e. The molecular formula is C28H34N4O6S2. The second-order valence-electron chi connectivity index (χ2n) is 9.51. The number of aryl methyl sites for hydroxylation is 1. The van der Waals surface area contributed by atoms with Gasteiger partial charge in [-0.3, -0.25) is 14.8 Å². The molecule has 2 aromatic carbocycles. The molecule has 0 spiro atoms. The predicted molar refractivity (Wildman–Crippen MR) is 150 cm³/mol. The van der Waals surface area contributed by atoms with Crippen molar-refractivity contribution in [3.05, 3.63) is 75.8 Å². The zero-order valence-electron chi connectivity index (χ0n) is 22.2. The fourth-order valence-electron chi connectivity index (χ4n) is 4.23. The number of hydrogen-bond donors (Lipinski definition) is 4. The second-order valence-corrected chi connectivity index (χ2v) is 12.0. The Hall–Kier alpha value is -2.87. The number of rotatable bonds is 13. The summed E-state index contributed by atoms with van der Waals surface area (Å²) in [7, 11) is 0. The number of nitrogens with one attached hydrogen (secondary N) is 2. The molecule has 12 heteroatoms. The summed E-state index contributed by atoms with van der Waals surface area (Å²) in [5.41, 5.74) is 5.30. The average Bonchev–Trinajstić information content (AvgIpc) is 3.42. The van der Waals surface area contributed by atoms with Crippen molar-refractivity contribution < 1.29 is 29.4 Å². The lowest BCUT2D eigenvalue weighted by atomic mass is 10.0. The van der Waals surface area contributed by atoms with Crippen molar-refractivity contribution in [3.63, 3.8) is 0 Å². The van der Waals surface area contributed by atoms with Crippen LogP contribution in [-0.4, -0.2) is 44.2 Å². The van der Waals surface area contributed by atoms with Gasteiger partial charge in [0.05, 0.1) is 18.8 Å². The Labute approximate surface area is 241 Å². The van der Waals surface area contributed by atoms with E-state index in [-0.39, 0.29) is 31.1 Å². The third-order valence-corrected chi connectivity index (χ3v) is 8.54. The van der Waals surface area contributed by atoms with E-state index in [1.165, 1.54) is 0 Å². The Balaban J connectivity index is 1.35. The Bertz CT molecular complexity index is 1240. The lowest BCUT2D eigenvalue weighted by Gasteiger charge is -2.36. The van der Waals surface area contributed by atoms with Crippen molar-refractivity contribution in [2.45, 2.75) is 75.0 Å². The van der Waals surface area contributed by atoms with Crippen LogP contribution in [0.1, 0.15) is 71.8 Å². The molecule has 0 bridgehead atoms. The van der Waals surface area contributed by atoms with E-state index < -0.39 is 12.2 Å². The normalized spacial score (nSPS) is 18.8. The van der Waals surface area contributed by atoms with E-state index >= 15 is 0 Å². The standard InChI is InChI=1S/C28H34N4O6S2/c1-18-30-31-28(40-18)39-17-23-14-24(21-10-8-20(16-33)9-11-21)38-27(37-23)22-12-6-19(7-13-22)15-29-25(34)4-2-3-5-26(35)32-36/h6-13,23-24,27,33,36H,2-5,14-17H2,1H3,(H,29,34)(H,32,35)/t23-,24+,27+/m0/s1. The van der Waals surface area contributed by atoms with Crippen LogP contribution in [0, 0.1) is 6.92 Å². The van der Waals surface area contributed by atoms with Gasteiger partial charge < -0.3 is 19.9 Å². The second kappa shape index (κ2) is 15.2.